The minimum Gasteiger partial charge on any atom is -0.481 e. The van der Waals surface area contributed by atoms with Gasteiger partial charge in [0.2, 0.25) is 5.88 Å². The maximum atomic E-state index is 14.5. The Labute approximate surface area is 215 Å². The van der Waals surface area contributed by atoms with E-state index in [1.807, 2.05) is 42.6 Å². The van der Waals surface area contributed by atoms with Gasteiger partial charge in [-0.25, -0.2) is 23.9 Å². The highest BCUT2D eigenvalue weighted by Gasteiger charge is 2.37. The Hall–Kier alpha value is -5.06. The number of benzene rings is 1. The van der Waals surface area contributed by atoms with Crippen molar-refractivity contribution >= 4 is 22.4 Å². The van der Waals surface area contributed by atoms with Crippen molar-refractivity contribution in [2.45, 2.75) is 12.5 Å². The van der Waals surface area contributed by atoms with Gasteiger partial charge in [-0.3, -0.25) is 9.36 Å². The van der Waals surface area contributed by atoms with Gasteiger partial charge in [0.25, 0.3) is 5.56 Å². The van der Waals surface area contributed by atoms with Gasteiger partial charge in [-0.05, 0) is 30.7 Å². The molecule has 1 aliphatic rings. The van der Waals surface area contributed by atoms with Crippen molar-refractivity contribution < 1.29 is 9.13 Å². The number of halogens is 1. The Morgan fingerprint density at radius 1 is 1.08 bits per heavy atom. The molecule has 0 aliphatic carbocycles. The molecule has 5 aromatic heterocycles. The molecular weight excluding hydrogens is 487 g/mol. The second kappa shape index (κ2) is 8.51. The van der Waals surface area contributed by atoms with Gasteiger partial charge >= 0.3 is 0 Å². The van der Waals surface area contributed by atoms with E-state index in [-0.39, 0.29) is 11.6 Å². The van der Waals surface area contributed by atoms with Gasteiger partial charge in [-0.15, -0.1) is 0 Å². The maximum Gasteiger partial charge on any atom is 0.285 e. The number of para-hydroxylation sites is 1. The molecule has 188 valence electrons. The van der Waals surface area contributed by atoms with Crippen molar-refractivity contribution in [3.05, 3.63) is 95.4 Å². The molecule has 1 unspecified atom stereocenters. The summed E-state index contributed by atoms with van der Waals surface area (Å²) >= 11 is 0. The van der Waals surface area contributed by atoms with E-state index in [9.17, 15) is 9.18 Å². The Morgan fingerprint density at radius 2 is 1.95 bits per heavy atom. The van der Waals surface area contributed by atoms with Gasteiger partial charge in [0, 0.05) is 42.3 Å². The van der Waals surface area contributed by atoms with E-state index in [4.69, 9.17) is 9.84 Å². The monoisotopic (exact) mass is 508 g/mol. The number of pyridine rings is 1. The average Bonchev–Trinajstić information content (AvgIpc) is 3.53. The summed E-state index contributed by atoms with van der Waals surface area (Å²) in [5.74, 6) is 1.14. The number of nitrogens with zero attached hydrogens (tertiary/aromatic N) is 7. The van der Waals surface area contributed by atoms with Crippen molar-refractivity contribution in [1.29, 1.82) is 0 Å². The molecular formula is C27H21FN8O2. The molecule has 6 aromatic rings. The van der Waals surface area contributed by atoms with Crippen molar-refractivity contribution in [2.75, 3.05) is 18.6 Å². The van der Waals surface area contributed by atoms with Gasteiger partial charge in [0.1, 0.15) is 17.8 Å². The van der Waals surface area contributed by atoms with Crippen LogP contribution in [0.15, 0.2) is 78.2 Å². The minimum atomic E-state index is -0.605. The van der Waals surface area contributed by atoms with Crippen LogP contribution in [0.25, 0.3) is 33.4 Å². The van der Waals surface area contributed by atoms with E-state index >= 15 is 0 Å². The van der Waals surface area contributed by atoms with Crippen LogP contribution in [-0.2, 0) is 0 Å². The lowest BCUT2D eigenvalue weighted by molar-refractivity contribution is 0.398. The van der Waals surface area contributed by atoms with Crippen LogP contribution >= 0.6 is 0 Å². The van der Waals surface area contributed by atoms with Gasteiger partial charge in [-0.2, -0.15) is 5.10 Å². The molecule has 1 aromatic carbocycles. The van der Waals surface area contributed by atoms with Crippen LogP contribution in [0.5, 0.6) is 5.88 Å². The zero-order valence-corrected chi connectivity index (χ0v) is 20.2. The highest BCUT2D eigenvalue weighted by Crippen LogP contribution is 2.42. The fourth-order valence-electron chi connectivity index (χ4n) is 5.05. The van der Waals surface area contributed by atoms with Gasteiger partial charge in [0.15, 0.2) is 17.2 Å². The maximum absolute atomic E-state index is 14.5. The predicted octanol–water partition coefficient (Wildman–Crippen LogP) is 3.92. The number of H-pyrrole nitrogens is 1. The number of methoxy groups -OCH3 is 1. The summed E-state index contributed by atoms with van der Waals surface area (Å²) in [6, 6.07) is 13.9. The van der Waals surface area contributed by atoms with E-state index in [1.165, 1.54) is 27.7 Å². The molecule has 38 heavy (non-hydrogen) atoms. The van der Waals surface area contributed by atoms with E-state index < -0.39 is 11.4 Å². The molecule has 1 atom stereocenters. The number of rotatable bonds is 5. The highest BCUT2D eigenvalue weighted by atomic mass is 19.1. The van der Waals surface area contributed by atoms with Crippen LogP contribution in [-0.4, -0.2) is 47.8 Å². The standard InChI is InChI=1S/C27H21FN8O2/c1-38-21-8-7-16(13-29-21)18-14-30-24-22(18)26(32-15-31-24)34-11-10-20(34)25-33-35-12-9-19(28)23(35)27(37)36(25)17-5-3-2-4-6-17/h2-9,12-15,20H,10-11H2,1H3,(H,30,31,32). The van der Waals surface area contributed by atoms with Crippen molar-refractivity contribution in [3.8, 4) is 22.7 Å². The average molecular weight is 509 g/mol. The smallest absolute Gasteiger partial charge is 0.285 e. The van der Waals surface area contributed by atoms with E-state index in [0.717, 1.165) is 22.9 Å². The van der Waals surface area contributed by atoms with Crippen molar-refractivity contribution in [2.24, 2.45) is 0 Å². The third-order valence-electron chi connectivity index (χ3n) is 6.97. The topological polar surface area (TPSA) is 106 Å². The lowest BCUT2D eigenvalue weighted by Gasteiger charge is -2.42. The van der Waals surface area contributed by atoms with E-state index in [0.29, 0.717) is 35.4 Å². The van der Waals surface area contributed by atoms with Crippen LogP contribution in [0.3, 0.4) is 0 Å². The number of aromatic nitrogens is 7. The second-order valence-electron chi connectivity index (χ2n) is 9.00. The first-order chi connectivity index (χ1) is 18.6. The third-order valence-corrected chi connectivity index (χ3v) is 6.97. The molecule has 7 rings (SSSR count). The Bertz CT molecular complexity index is 1860. The summed E-state index contributed by atoms with van der Waals surface area (Å²) in [5, 5.41) is 5.56. The molecule has 11 heteroatoms. The van der Waals surface area contributed by atoms with Gasteiger partial charge < -0.3 is 14.6 Å². The van der Waals surface area contributed by atoms with Crippen LogP contribution in [0.2, 0.25) is 0 Å². The van der Waals surface area contributed by atoms with Gasteiger partial charge in [0.05, 0.1) is 24.2 Å². The first-order valence-electron chi connectivity index (χ1n) is 12.1. The number of hydrogen-bond donors (Lipinski definition) is 1. The zero-order chi connectivity index (χ0) is 25.8. The molecule has 0 saturated carbocycles. The van der Waals surface area contributed by atoms with E-state index in [1.54, 1.807) is 19.4 Å². The summed E-state index contributed by atoms with van der Waals surface area (Å²) < 4.78 is 22.6. The summed E-state index contributed by atoms with van der Waals surface area (Å²) in [6.07, 6.45) is 7.35. The van der Waals surface area contributed by atoms with Crippen LogP contribution in [0, 0.1) is 5.82 Å². The number of hydrogen-bond acceptors (Lipinski definition) is 7. The molecule has 10 nitrogen and oxygen atoms in total. The highest BCUT2D eigenvalue weighted by molar-refractivity contribution is 6.01. The quantitative estimate of drug-likeness (QED) is 0.376. The number of anilines is 1. The molecule has 1 saturated heterocycles. The summed E-state index contributed by atoms with van der Waals surface area (Å²) in [7, 11) is 1.58. The van der Waals surface area contributed by atoms with Crippen LogP contribution < -0.4 is 15.2 Å². The molecule has 0 bridgehead atoms. The van der Waals surface area contributed by atoms with Crippen molar-refractivity contribution in [1.82, 2.24) is 34.1 Å². The second-order valence-corrected chi connectivity index (χ2v) is 9.00. The number of ether oxygens (including phenoxy) is 1. The largest absolute Gasteiger partial charge is 0.481 e. The number of fused-ring (bicyclic) bond motifs is 2. The van der Waals surface area contributed by atoms with E-state index in [2.05, 4.69) is 24.8 Å². The first kappa shape index (κ1) is 22.2. The first-order valence-corrected chi connectivity index (χ1v) is 12.1. The Kier molecular flexibility index (Phi) is 4.96. The van der Waals surface area contributed by atoms with Crippen LogP contribution in [0.1, 0.15) is 18.3 Å². The molecule has 0 amide bonds. The molecule has 1 N–H and O–H groups in total. The number of aromatic amines is 1. The van der Waals surface area contributed by atoms with Gasteiger partial charge in [-0.1, -0.05) is 18.2 Å². The fourth-order valence-corrected chi connectivity index (χ4v) is 5.05. The van der Waals surface area contributed by atoms with Crippen LogP contribution in [0.4, 0.5) is 10.2 Å². The normalized spacial score (nSPS) is 15.2. The van der Waals surface area contributed by atoms with Crippen molar-refractivity contribution in [3.63, 3.8) is 0 Å². The zero-order valence-electron chi connectivity index (χ0n) is 20.2. The molecule has 1 aliphatic heterocycles. The summed E-state index contributed by atoms with van der Waals surface area (Å²) in [5.41, 5.74) is 2.53. The fraction of sp³-hybridized carbons (Fsp3) is 0.148. The Morgan fingerprint density at radius 3 is 2.68 bits per heavy atom. The predicted molar refractivity (Wildman–Crippen MR) is 139 cm³/mol. The molecule has 0 spiro atoms. The summed E-state index contributed by atoms with van der Waals surface area (Å²) in [6.45, 7) is 0.699. The number of nitrogens with one attached hydrogen (secondary N) is 1. The Balaban J connectivity index is 1.39. The molecule has 0 radical (unpaired) electrons. The third kappa shape index (κ3) is 3.28. The minimum absolute atomic E-state index is 0.0900. The lowest BCUT2D eigenvalue weighted by Crippen LogP contribution is -2.45. The lowest BCUT2D eigenvalue weighted by atomic mass is 10.00. The molecule has 1 fully saturated rings. The molecule has 6 heterocycles. The summed E-state index contributed by atoms with van der Waals surface area (Å²) in [4.78, 5) is 32.3. The SMILES string of the molecule is COc1ccc(-c2c[nH]c3ncnc(N4CCC4c4nn5ccc(F)c5c(=O)n4-c4ccccc4)c23)cn1.